The molecule has 2 rings (SSSR count). The van der Waals surface area contributed by atoms with Crippen LogP contribution in [0, 0.1) is 3.57 Å². The zero-order chi connectivity index (χ0) is 14.5. The molecular weight excluding hydrogens is 387 g/mol. The van der Waals surface area contributed by atoms with Gasteiger partial charge in [0.05, 0.1) is 5.56 Å². The summed E-state index contributed by atoms with van der Waals surface area (Å²) in [6.45, 7) is 0.698. The molecule has 0 atom stereocenters. The van der Waals surface area contributed by atoms with E-state index < -0.39 is 0 Å². The number of para-hydroxylation sites is 1. The molecule has 104 valence electrons. The van der Waals surface area contributed by atoms with Crippen LogP contribution in [0.1, 0.15) is 15.9 Å². The van der Waals surface area contributed by atoms with Gasteiger partial charge in [0.15, 0.2) is 0 Å². The molecule has 0 saturated heterocycles. The van der Waals surface area contributed by atoms with Gasteiger partial charge in [0, 0.05) is 20.8 Å². The summed E-state index contributed by atoms with van der Waals surface area (Å²) in [6.07, 6.45) is 0. The van der Waals surface area contributed by atoms with Gasteiger partial charge >= 0.3 is 0 Å². The number of anilines is 1. The summed E-state index contributed by atoms with van der Waals surface area (Å²) in [5, 5.41) is 6.58. The first-order chi connectivity index (χ1) is 9.61. The Morgan fingerprint density at radius 1 is 1.25 bits per heavy atom. The first-order valence-corrected chi connectivity index (χ1v) is 7.56. The van der Waals surface area contributed by atoms with Crippen LogP contribution in [0.5, 0.6) is 0 Å². The van der Waals surface area contributed by atoms with E-state index in [4.69, 9.17) is 11.6 Å². The molecule has 0 aliphatic heterocycles. The van der Waals surface area contributed by atoms with Gasteiger partial charge in [-0.2, -0.15) is 0 Å². The van der Waals surface area contributed by atoms with Crippen molar-refractivity contribution in [2.45, 2.75) is 6.54 Å². The van der Waals surface area contributed by atoms with Gasteiger partial charge in [-0.3, -0.25) is 4.79 Å². The average Bonchev–Trinajstić information content (AvgIpc) is 2.44. The van der Waals surface area contributed by atoms with Crippen LogP contribution in [0.25, 0.3) is 0 Å². The highest BCUT2D eigenvalue weighted by molar-refractivity contribution is 14.1. The van der Waals surface area contributed by atoms with E-state index >= 15 is 0 Å². The van der Waals surface area contributed by atoms with Crippen molar-refractivity contribution < 1.29 is 4.79 Å². The smallest absolute Gasteiger partial charge is 0.256 e. The van der Waals surface area contributed by atoms with Crippen molar-refractivity contribution in [3.05, 3.63) is 62.2 Å². The summed E-state index contributed by atoms with van der Waals surface area (Å²) in [4.78, 5) is 12.3. The van der Waals surface area contributed by atoms with Crippen molar-refractivity contribution in [1.82, 2.24) is 5.32 Å². The Balaban J connectivity index is 2.26. The van der Waals surface area contributed by atoms with Gasteiger partial charge < -0.3 is 10.6 Å². The molecule has 0 aromatic heterocycles. The van der Waals surface area contributed by atoms with Crippen molar-refractivity contribution in [3.8, 4) is 0 Å². The summed E-state index contributed by atoms with van der Waals surface area (Å²) >= 11 is 8.08. The molecule has 0 fully saturated rings. The normalized spacial score (nSPS) is 10.3. The van der Waals surface area contributed by atoms with Crippen LogP contribution in [0.4, 0.5) is 5.69 Å². The fourth-order valence-electron chi connectivity index (χ4n) is 1.85. The van der Waals surface area contributed by atoms with Crippen LogP contribution in [0.2, 0.25) is 5.02 Å². The second-order valence-corrected chi connectivity index (χ2v) is 5.86. The molecule has 0 spiro atoms. The third kappa shape index (κ3) is 3.71. The van der Waals surface area contributed by atoms with E-state index in [0.29, 0.717) is 17.1 Å². The second-order valence-electron chi connectivity index (χ2n) is 4.27. The lowest BCUT2D eigenvalue weighted by molar-refractivity contribution is 0.102. The fraction of sp³-hybridized carbons (Fsp3) is 0.133. The number of hydrogen-bond donors (Lipinski definition) is 2. The number of rotatable bonds is 4. The zero-order valence-electron chi connectivity index (χ0n) is 10.9. The fourth-order valence-corrected chi connectivity index (χ4v) is 2.60. The number of nitrogens with one attached hydrogen (secondary N) is 2. The maximum Gasteiger partial charge on any atom is 0.256 e. The van der Waals surface area contributed by atoms with Gasteiger partial charge in [-0.1, -0.05) is 29.8 Å². The predicted molar refractivity (Wildman–Crippen MR) is 91.3 cm³/mol. The number of benzene rings is 2. The molecule has 1 amide bonds. The van der Waals surface area contributed by atoms with Crippen LogP contribution in [-0.4, -0.2) is 13.0 Å². The molecule has 2 N–H and O–H groups in total. The third-order valence-corrected chi connectivity index (χ3v) is 3.98. The summed E-state index contributed by atoms with van der Waals surface area (Å²) in [5.74, 6) is -0.152. The highest BCUT2D eigenvalue weighted by atomic mass is 127. The maximum absolute atomic E-state index is 12.3. The molecule has 0 heterocycles. The molecule has 3 nitrogen and oxygen atoms in total. The summed E-state index contributed by atoms with van der Waals surface area (Å²) in [5.41, 5.74) is 2.43. The van der Waals surface area contributed by atoms with Crippen molar-refractivity contribution in [1.29, 1.82) is 0 Å². The van der Waals surface area contributed by atoms with Crippen LogP contribution < -0.4 is 10.6 Å². The summed E-state index contributed by atoms with van der Waals surface area (Å²) in [6, 6.07) is 13.0. The summed E-state index contributed by atoms with van der Waals surface area (Å²) < 4.78 is 0.871. The minimum atomic E-state index is -0.152. The lowest BCUT2D eigenvalue weighted by Crippen LogP contribution is -2.16. The molecule has 0 aliphatic rings. The van der Waals surface area contributed by atoms with Crippen molar-refractivity contribution >= 4 is 45.8 Å². The Bertz CT molecular complexity index is 631. The molecule has 5 heteroatoms. The molecule has 0 unspecified atom stereocenters. The zero-order valence-corrected chi connectivity index (χ0v) is 13.8. The molecule has 0 radical (unpaired) electrons. The van der Waals surface area contributed by atoms with E-state index in [1.54, 1.807) is 12.1 Å². The van der Waals surface area contributed by atoms with E-state index in [1.165, 1.54) is 0 Å². The largest absolute Gasteiger partial charge is 0.322 e. The first kappa shape index (κ1) is 15.3. The molecule has 20 heavy (non-hydrogen) atoms. The van der Waals surface area contributed by atoms with Gasteiger partial charge in [0.25, 0.3) is 5.91 Å². The summed E-state index contributed by atoms with van der Waals surface area (Å²) in [7, 11) is 1.87. The maximum atomic E-state index is 12.3. The van der Waals surface area contributed by atoms with Gasteiger partial charge in [-0.25, -0.2) is 0 Å². The standard InChI is InChI=1S/C15H14ClIN2O/c1-18-9-10-4-2-3-5-14(10)19-15(20)12-8-11(16)6-7-13(12)17/h2-8,18H,9H2,1H3,(H,19,20). The number of carbonyl (C=O) groups is 1. The number of halogens is 2. The Morgan fingerprint density at radius 3 is 2.75 bits per heavy atom. The first-order valence-electron chi connectivity index (χ1n) is 6.10. The Labute approximate surface area is 136 Å². The Morgan fingerprint density at radius 2 is 2.00 bits per heavy atom. The minimum Gasteiger partial charge on any atom is -0.322 e. The van der Waals surface area contributed by atoms with E-state index in [1.807, 2.05) is 37.4 Å². The molecule has 0 aliphatic carbocycles. The highest BCUT2D eigenvalue weighted by Gasteiger charge is 2.12. The van der Waals surface area contributed by atoms with E-state index in [-0.39, 0.29) is 5.91 Å². The predicted octanol–water partition coefficient (Wildman–Crippen LogP) is 3.92. The van der Waals surface area contributed by atoms with Crippen LogP contribution >= 0.6 is 34.2 Å². The van der Waals surface area contributed by atoms with E-state index in [2.05, 4.69) is 33.2 Å². The van der Waals surface area contributed by atoms with Crippen LogP contribution in [0.15, 0.2) is 42.5 Å². The molecule has 0 bridgehead atoms. The molecule has 2 aromatic carbocycles. The lowest BCUT2D eigenvalue weighted by Gasteiger charge is -2.11. The van der Waals surface area contributed by atoms with Crippen LogP contribution in [-0.2, 0) is 6.54 Å². The van der Waals surface area contributed by atoms with Gasteiger partial charge in [0.1, 0.15) is 0 Å². The molecular formula is C15H14ClIN2O. The average molecular weight is 401 g/mol. The van der Waals surface area contributed by atoms with Gasteiger partial charge in [-0.15, -0.1) is 0 Å². The second kappa shape index (κ2) is 7.06. The highest BCUT2D eigenvalue weighted by Crippen LogP contribution is 2.21. The lowest BCUT2D eigenvalue weighted by atomic mass is 10.1. The van der Waals surface area contributed by atoms with Gasteiger partial charge in [0.2, 0.25) is 0 Å². The third-order valence-electron chi connectivity index (χ3n) is 2.81. The number of carbonyl (C=O) groups excluding carboxylic acids is 1. The quantitative estimate of drug-likeness (QED) is 0.764. The van der Waals surface area contributed by atoms with Crippen LogP contribution in [0.3, 0.4) is 0 Å². The monoisotopic (exact) mass is 400 g/mol. The van der Waals surface area contributed by atoms with E-state index in [0.717, 1.165) is 14.8 Å². The molecule has 0 saturated carbocycles. The Kier molecular flexibility index (Phi) is 5.39. The SMILES string of the molecule is CNCc1ccccc1NC(=O)c1cc(Cl)ccc1I. The van der Waals surface area contributed by atoms with Gasteiger partial charge in [-0.05, 0) is 59.5 Å². The topological polar surface area (TPSA) is 41.1 Å². The molecule has 2 aromatic rings. The number of amides is 1. The van der Waals surface area contributed by atoms with Crippen molar-refractivity contribution in [2.24, 2.45) is 0 Å². The van der Waals surface area contributed by atoms with E-state index in [9.17, 15) is 4.79 Å². The Hall–Kier alpha value is -1.11. The number of hydrogen-bond acceptors (Lipinski definition) is 2. The minimum absolute atomic E-state index is 0.152. The van der Waals surface area contributed by atoms with Crippen molar-refractivity contribution in [3.63, 3.8) is 0 Å². The van der Waals surface area contributed by atoms with Crippen molar-refractivity contribution in [2.75, 3.05) is 12.4 Å².